The Hall–Kier alpha value is -1.14. The van der Waals surface area contributed by atoms with Crippen LogP contribution in [0.15, 0.2) is 23.2 Å². The van der Waals surface area contributed by atoms with Crippen LogP contribution in [0.2, 0.25) is 0 Å². The van der Waals surface area contributed by atoms with Crippen molar-refractivity contribution in [3.05, 3.63) is 18.3 Å². The van der Waals surface area contributed by atoms with Gasteiger partial charge in [0.15, 0.2) is 0 Å². The van der Waals surface area contributed by atoms with Crippen LogP contribution in [0.4, 0.5) is 5.82 Å². The molecule has 1 aliphatic rings. The van der Waals surface area contributed by atoms with Crippen LogP contribution in [0.5, 0.6) is 0 Å². The number of nitrogens with two attached hydrogens (primary N) is 1. The summed E-state index contributed by atoms with van der Waals surface area (Å²) in [7, 11) is -3.59. The zero-order valence-electron chi connectivity index (χ0n) is 11.9. The topological polar surface area (TPSA) is 85.1 Å². The van der Waals surface area contributed by atoms with E-state index in [-0.39, 0.29) is 16.8 Å². The first kappa shape index (κ1) is 15.3. The summed E-state index contributed by atoms with van der Waals surface area (Å²) < 4.78 is 27.7. The third kappa shape index (κ3) is 3.49. The van der Waals surface area contributed by atoms with Gasteiger partial charge in [0, 0.05) is 12.2 Å². The fourth-order valence-corrected chi connectivity index (χ4v) is 4.41. The van der Waals surface area contributed by atoms with E-state index in [4.69, 9.17) is 5.73 Å². The lowest BCUT2D eigenvalue weighted by Crippen LogP contribution is -2.40. The van der Waals surface area contributed by atoms with E-state index >= 15 is 0 Å². The van der Waals surface area contributed by atoms with Gasteiger partial charge in [-0.25, -0.2) is 18.1 Å². The van der Waals surface area contributed by atoms with Crippen LogP contribution in [0.25, 0.3) is 0 Å². The van der Waals surface area contributed by atoms with E-state index in [2.05, 4.69) is 9.71 Å². The largest absolute Gasteiger partial charge is 0.383 e. The van der Waals surface area contributed by atoms with Crippen LogP contribution in [-0.2, 0) is 10.0 Å². The average Bonchev–Trinajstić information content (AvgIpc) is 2.46. The van der Waals surface area contributed by atoms with Gasteiger partial charge >= 0.3 is 0 Å². The van der Waals surface area contributed by atoms with Crippen molar-refractivity contribution in [2.75, 3.05) is 5.73 Å². The first-order valence-corrected chi connectivity index (χ1v) is 8.75. The molecule has 1 atom stereocenters. The molecule has 0 radical (unpaired) electrons. The number of nitrogens with zero attached hydrogens (tertiary/aromatic N) is 1. The molecule has 1 unspecified atom stereocenters. The minimum atomic E-state index is -3.59. The van der Waals surface area contributed by atoms with Crippen LogP contribution >= 0.6 is 0 Å². The number of sulfonamides is 1. The van der Waals surface area contributed by atoms with E-state index < -0.39 is 10.0 Å². The highest BCUT2D eigenvalue weighted by molar-refractivity contribution is 7.89. The average molecular weight is 297 g/mol. The minimum absolute atomic E-state index is 0.0140. The smallest absolute Gasteiger partial charge is 0.244 e. The normalized spacial score (nSPS) is 18.9. The maximum Gasteiger partial charge on any atom is 0.244 e. The second kappa shape index (κ2) is 6.54. The van der Waals surface area contributed by atoms with E-state index in [9.17, 15) is 8.42 Å². The summed E-state index contributed by atoms with van der Waals surface area (Å²) in [5, 5.41) is 0. The molecular formula is C14H23N3O2S. The molecular weight excluding hydrogens is 274 g/mol. The third-order valence-corrected chi connectivity index (χ3v) is 5.59. The quantitative estimate of drug-likeness (QED) is 0.873. The number of pyridine rings is 1. The lowest BCUT2D eigenvalue weighted by Gasteiger charge is -2.30. The van der Waals surface area contributed by atoms with Crippen molar-refractivity contribution < 1.29 is 8.42 Å². The summed E-state index contributed by atoms with van der Waals surface area (Å²) in [6.45, 7) is 2.02. The third-order valence-electron chi connectivity index (χ3n) is 4.05. The summed E-state index contributed by atoms with van der Waals surface area (Å²) in [5.74, 6) is 0.486. The molecule has 3 N–H and O–H groups in total. The maximum absolute atomic E-state index is 12.4. The fourth-order valence-electron chi connectivity index (χ4n) is 2.94. The summed E-state index contributed by atoms with van der Waals surface area (Å²) in [5.41, 5.74) is 5.67. The molecule has 0 amide bonds. The van der Waals surface area contributed by atoms with E-state index in [0.717, 1.165) is 19.3 Å². The lowest BCUT2D eigenvalue weighted by atomic mass is 9.83. The van der Waals surface area contributed by atoms with Crippen LogP contribution in [0.1, 0.15) is 45.4 Å². The molecule has 0 bridgehead atoms. The van der Waals surface area contributed by atoms with Crippen molar-refractivity contribution >= 4 is 15.8 Å². The highest BCUT2D eigenvalue weighted by atomic mass is 32.2. The summed E-state index contributed by atoms with van der Waals surface area (Å²) in [4.78, 5) is 3.93. The predicted octanol–water partition coefficient (Wildman–Crippen LogP) is 2.30. The van der Waals surface area contributed by atoms with Crippen molar-refractivity contribution in [3.63, 3.8) is 0 Å². The van der Waals surface area contributed by atoms with Crippen LogP contribution < -0.4 is 10.5 Å². The van der Waals surface area contributed by atoms with E-state index in [1.54, 1.807) is 6.07 Å². The first-order valence-electron chi connectivity index (χ1n) is 7.27. The van der Waals surface area contributed by atoms with Gasteiger partial charge in [-0.1, -0.05) is 26.2 Å². The number of hydrogen-bond donors (Lipinski definition) is 2. The Balaban J connectivity index is 2.15. The Kier molecular flexibility index (Phi) is 4.99. The van der Waals surface area contributed by atoms with Crippen molar-refractivity contribution in [1.82, 2.24) is 9.71 Å². The summed E-state index contributed by atoms with van der Waals surface area (Å²) in [6, 6.07) is 3.07. The van der Waals surface area contributed by atoms with Crippen molar-refractivity contribution in [2.45, 2.75) is 56.4 Å². The molecule has 1 fully saturated rings. The minimum Gasteiger partial charge on any atom is -0.383 e. The Bertz CT molecular complexity index is 539. The number of hydrogen-bond acceptors (Lipinski definition) is 4. The molecule has 1 saturated carbocycles. The maximum atomic E-state index is 12.4. The standard InChI is InChI=1S/C14H23N3O2S/c1-2-12(11-7-4-3-5-8-11)17-20(18,19)13-9-6-10-16-14(13)15/h6,9-12,17H,2-5,7-8H2,1H3,(H2,15,16). The molecule has 2 rings (SSSR count). The van der Waals surface area contributed by atoms with Gasteiger partial charge in [0.05, 0.1) is 0 Å². The molecule has 1 aliphatic carbocycles. The summed E-state index contributed by atoms with van der Waals surface area (Å²) >= 11 is 0. The van der Waals surface area contributed by atoms with Gasteiger partial charge in [-0.15, -0.1) is 0 Å². The Morgan fingerprint density at radius 2 is 2.10 bits per heavy atom. The zero-order chi connectivity index (χ0) is 14.6. The summed E-state index contributed by atoms with van der Waals surface area (Å²) in [6.07, 6.45) is 8.13. The van der Waals surface area contributed by atoms with Crippen LogP contribution in [0, 0.1) is 5.92 Å². The highest BCUT2D eigenvalue weighted by Gasteiger charge is 2.28. The number of nitrogen functional groups attached to an aromatic ring is 1. The molecule has 1 aromatic heterocycles. The Morgan fingerprint density at radius 3 is 2.70 bits per heavy atom. The number of nitrogens with one attached hydrogen (secondary N) is 1. The van der Waals surface area contributed by atoms with Gasteiger partial charge < -0.3 is 5.73 Å². The van der Waals surface area contributed by atoms with E-state index in [1.807, 2.05) is 6.92 Å². The second-order valence-corrected chi connectivity index (χ2v) is 7.10. The zero-order valence-corrected chi connectivity index (χ0v) is 12.7. The number of anilines is 1. The van der Waals surface area contributed by atoms with Gasteiger partial charge in [-0.3, -0.25) is 0 Å². The molecule has 5 nitrogen and oxygen atoms in total. The lowest BCUT2D eigenvalue weighted by molar-refractivity contribution is 0.285. The van der Waals surface area contributed by atoms with Gasteiger partial charge in [-0.05, 0) is 37.3 Å². The van der Waals surface area contributed by atoms with Crippen molar-refractivity contribution in [3.8, 4) is 0 Å². The van der Waals surface area contributed by atoms with Crippen molar-refractivity contribution in [2.24, 2.45) is 5.92 Å². The Morgan fingerprint density at radius 1 is 1.40 bits per heavy atom. The van der Waals surface area contributed by atoms with Crippen LogP contribution in [0.3, 0.4) is 0 Å². The molecule has 0 spiro atoms. The fraction of sp³-hybridized carbons (Fsp3) is 0.643. The van der Waals surface area contributed by atoms with E-state index in [0.29, 0.717) is 5.92 Å². The molecule has 1 heterocycles. The molecule has 20 heavy (non-hydrogen) atoms. The SMILES string of the molecule is CCC(NS(=O)(=O)c1cccnc1N)C1CCCCC1. The first-order chi connectivity index (χ1) is 9.54. The van der Waals surface area contributed by atoms with E-state index in [1.165, 1.54) is 31.5 Å². The molecule has 0 aromatic carbocycles. The van der Waals surface area contributed by atoms with Gasteiger partial charge in [0.25, 0.3) is 0 Å². The monoisotopic (exact) mass is 297 g/mol. The Labute approximate surface area is 121 Å². The molecule has 112 valence electrons. The highest BCUT2D eigenvalue weighted by Crippen LogP contribution is 2.29. The van der Waals surface area contributed by atoms with Gasteiger partial charge in [0.2, 0.25) is 10.0 Å². The molecule has 0 aliphatic heterocycles. The predicted molar refractivity (Wildman–Crippen MR) is 79.6 cm³/mol. The van der Waals surface area contributed by atoms with Crippen molar-refractivity contribution in [1.29, 1.82) is 0 Å². The molecule has 6 heteroatoms. The van der Waals surface area contributed by atoms with Gasteiger partial charge in [0.1, 0.15) is 10.7 Å². The van der Waals surface area contributed by atoms with Crippen LogP contribution in [-0.4, -0.2) is 19.4 Å². The number of aromatic nitrogens is 1. The second-order valence-electron chi connectivity index (χ2n) is 5.42. The van der Waals surface area contributed by atoms with Gasteiger partial charge in [-0.2, -0.15) is 0 Å². The molecule has 0 saturated heterocycles. The molecule has 1 aromatic rings. The number of rotatable bonds is 5.